The van der Waals surface area contributed by atoms with E-state index >= 15 is 0 Å². The van der Waals surface area contributed by atoms with Crippen molar-refractivity contribution in [3.8, 4) is 5.75 Å². The number of phenolic OH excluding ortho intramolecular Hbond substituents is 1. The normalized spacial score (nSPS) is 14.6. The predicted molar refractivity (Wildman–Crippen MR) is 160 cm³/mol. The Bertz CT molecular complexity index is 1300. The van der Waals surface area contributed by atoms with Crippen LogP contribution in [-0.4, -0.2) is 90.0 Å². The predicted octanol–water partition coefficient (Wildman–Crippen LogP) is 3.52. The lowest BCUT2D eigenvalue weighted by Crippen LogP contribution is -2.41. The first-order valence-electron chi connectivity index (χ1n) is 13.3. The Kier molecular flexibility index (Phi) is 13.5. The zero-order valence-corrected chi connectivity index (χ0v) is 24.7. The summed E-state index contributed by atoms with van der Waals surface area (Å²) < 4.78 is 15.9. The Balaban J connectivity index is 0.000000231. The van der Waals surface area contributed by atoms with E-state index in [2.05, 4.69) is 4.98 Å². The number of rotatable bonds is 4. The molecule has 2 fully saturated rings. The van der Waals surface area contributed by atoms with E-state index < -0.39 is 0 Å². The third kappa shape index (κ3) is 11.0. The van der Waals surface area contributed by atoms with Gasteiger partial charge < -0.3 is 39.9 Å². The number of hydrogen-bond acceptors (Lipinski definition) is 9. The number of aromatic nitrogens is 1. The number of oxazole rings is 1. The molecule has 2 saturated heterocycles. The number of fused-ring (bicyclic) bond motifs is 1. The molecule has 2 aromatic carbocycles. The van der Waals surface area contributed by atoms with Gasteiger partial charge in [-0.15, -0.1) is 12.4 Å². The van der Waals surface area contributed by atoms with E-state index in [-0.39, 0.29) is 42.8 Å². The van der Waals surface area contributed by atoms with E-state index in [1.165, 1.54) is 0 Å². The smallest absolute Gasteiger partial charge is 0.232 e. The summed E-state index contributed by atoms with van der Waals surface area (Å²) in [5, 5.41) is 16.1. The number of ether oxygens (including phenoxy) is 2. The molecule has 2 aliphatic heterocycles. The summed E-state index contributed by atoms with van der Waals surface area (Å²) >= 11 is 0. The lowest BCUT2D eigenvalue weighted by Gasteiger charge is -2.26. The van der Waals surface area contributed by atoms with Crippen molar-refractivity contribution in [2.45, 2.75) is 33.6 Å². The number of aromatic hydroxyl groups is 1. The van der Waals surface area contributed by atoms with Crippen LogP contribution in [0.25, 0.3) is 11.1 Å². The van der Waals surface area contributed by atoms with Crippen molar-refractivity contribution < 1.29 is 28.6 Å². The summed E-state index contributed by atoms with van der Waals surface area (Å²) in [4.78, 5) is 31.3. The van der Waals surface area contributed by atoms with E-state index in [0.717, 1.165) is 22.2 Å². The number of halogens is 1. The highest BCUT2D eigenvalue weighted by atomic mass is 35.5. The minimum Gasteiger partial charge on any atom is -0.506 e. The van der Waals surface area contributed by atoms with Crippen LogP contribution in [0.1, 0.15) is 30.4 Å². The van der Waals surface area contributed by atoms with Crippen molar-refractivity contribution in [1.82, 2.24) is 14.8 Å². The summed E-state index contributed by atoms with van der Waals surface area (Å²) in [6.07, 6.45) is 0.466. The number of nitrogens with two attached hydrogens (primary N) is 1. The van der Waals surface area contributed by atoms with Crippen LogP contribution in [0.4, 0.5) is 5.69 Å². The van der Waals surface area contributed by atoms with E-state index in [1.54, 1.807) is 28.9 Å². The molecular weight excluding hydrogens is 550 g/mol. The average Bonchev–Trinajstić information content (AvgIpc) is 3.33. The molecule has 1 aromatic heterocycles. The van der Waals surface area contributed by atoms with Gasteiger partial charge in [-0.1, -0.05) is 12.1 Å². The molecule has 11 nitrogen and oxygen atoms in total. The Morgan fingerprint density at radius 3 is 2.00 bits per heavy atom. The highest BCUT2D eigenvalue weighted by Crippen LogP contribution is 2.19. The fraction of sp³-hybridized carbons (Fsp3) is 0.448. The number of carbonyl (C=O) groups is 2. The number of nitrogen functional groups attached to an aromatic ring is 1. The quantitative estimate of drug-likeness (QED) is 0.237. The Morgan fingerprint density at radius 2 is 1.46 bits per heavy atom. The van der Waals surface area contributed by atoms with Gasteiger partial charge in [-0.05, 0) is 56.2 Å². The van der Waals surface area contributed by atoms with Crippen molar-refractivity contribution in [3.05, 3.63) is 53.4 Å². The van der Waals surface area contributed by atoms with Gasteiger partial charge in [0.05, 0.1) is 38.5 Å². The molecule has 3 aromatic rings. The summed E-state index contributed by atoms with van der Waals surface area (Å²) in [5.74, 6) is 0.740. The van der Waals surface area contributed by atoms with Gasteiger partial charge in [0, 0.05) is 31.9 Å². The molecule has 3 heterocycles. The molecule has 2 amide bonds. The van der Waals surface area contributed by atoms with Gasteiger partial charge in [-0.3, -0.25) is 9.59 Å². The maximum absolute atomic E-state index is 12.1. The standard InChI is InChI=1S/C14H16N2O3.C8H14N2O2.C7H9NO.ClH/c1-10-2-3-12-11(8-10)15-13(19-12)9-14(17)16-4-6-18-7-5-16;1-7(9)6-8(11)10-2-4-12-5-3-10;1-5-2-3-6(8)7(9)4-5;/h2-3,8H,4-7,9H2,1H3;9H,2-6H2,1H3;2-4,9H,8H2,1H3;1H. The first kappa shape index (κ1) is 33.5. The summed E-state index contributed by atoms with van der Waals surface area (Å²) in [5.41, 5.74) is 9.88. The van der Waals surface area contributed by atoms with Crippen LogP contribution in [0.2, 0.25) is 0 Å². The van der Waals surface area contributed by atoms with E-state index in [9.17, 15) is 9.59 Å². The molecule has 0 bridgehead atoms. The molecule has 0 radical (unpaired) electrons. The number of benzene rings is 2. The Hall–Kier alpha value is -3.67. The fourth-order valence-corrected chi connectivity index (χ4v) is 4.02. The average molecular weight is 590 g/mol. The summed E-state index contributed by atoms with van der Waals surface area (Å²) in [6.45, 7) is 10.7. The van der Waals surface area contributed by atoms with Gasteiger partial charge in [0.15, 0.2) is 5.58 Å². The molecule has 41 heavy (non-hydrogen) atoms. The Morgan fingerprint density at radius 1 is 0.927 bits per heavy atom. The van der Waals surface area contributed by atoms with Gasteiger partial charge in [0.1, 0.15) is 17.7 Å². The molecule has 0 atom stereocenters. The van der Waals surface area contributed by atoms with Crippen molar-refractivity contribution >= 4 is 46.7 Å². The SMILES string of the molecule is CC(=N)CC(=O)N1CCOCC1.Cc1ccc(N)c(O)c1.Cc1ccc2oc(CC(=O)N3CCOCC3)nc2c1.Cl. The van der Waals surface area contributed by atoms with Crippen LogP contribution in [0.3, 0.4) is 0 Å². The number of nitrogens with one attached hydrogen (secondary N) is 1. The first-order chi connectivity index (χ1) is 19.1. The van der Waals surface area contributed by atoms with E-state index in [0.29, 0.717) is 69.9 Å². The lowest BCUT2D eigenvalue weighted by molar-refractivity contribution is -0.135. The second-order valence-electron chi connectivity index (χ2n) is 9.76. The third-order valence-electron chi connectivity index (χ3n) is 6.22. The number of nitrogens with zero attached hydrogens (tertiary/aromatic N) is 3. The maximum Gasteiger partial charge on any atom is 0.232 e. The largest absolute Gasteiger partial charge is 0.506 e. The molecule has 0 spiro atoms. The minimum absolute atomic E-state index is 0. The Labute approximate surface area is 246 Å². The molecule has 5 rings (SSSR count). The number of aryl methyl sites for hydroxylation is 2. The van der Waals surface area contributed by atoms with Crippen LogP contribution in [0.5, 0.6) is 5.75 Å². The number of anilines is 1. The minimum atomic E-state index is 0. The van der Waals surface area contributed by atoms with Crippen LogP contribution < -0.4 is 5.73 Å². The number of amides is 2. The summed E-state index contributed by atoms with van der Waals surface area (Å²) in [6, 6.07) is 11.0. The lowest BCUT2D eigenvalue weighted by atomic mass is 10.2. The monoisotopic (exact) mass is 589 g/mol. The van der Waals surface area contributed by atoms with Gasteiger partial charge in [-0.25, -0.2) is 4.98 Å². The zero-order chi connectivity index (χ0) is 29.1. The van der Waals surface area contributed by atoms with Gasteiger partial charge in [-0.2, -0.15) is 0 Å². The van der Waals surface area contributed by atoms with Crippen molar-refractivity contribution in [1.29, 1.82) is 5.41 Å². The highest BCUT2D eigenvalue weighted by Gasteiger charge is 2.19. The maximum atomic E-state index is 12.1. The third-order valence-corrected chi connectivity index (χ3v) is 6.22. The number of phenols is 1. The molecule has 0 unspecified atom stereocenters. The van der Waals surface area contributed by atoms with Gasteiger partial charge >= 0.3 is 0 Å². The molecule has 2 aliphatic rings. The van der Waals surface area contributed by atoms with E-state index in [4.69, 9.17) is 30.1 Å². The molecule has 12 heteroatoms. The second-order valence-corrected chi connectivity index (χ2v) is 9.76. The molecule has 224 valence electrons. The number of morpholine rings is 2. The molecular formula is C29H40ClN5O6. The van der Waals surface area contributed by atoms with Crippen LogP contribution in [-0.2, 0) is 25.5 Å². The zero-order valence-electron chi connectivity index (χ0n) is 23.9. The number of hydrogen-bond donors (Lipinski definition) is 3. The molecule has 4 N–H and O–H groups in total. The second kappa shape index (κ2) is 16.6. The summed E-state index contributed by atoms with van der Waals surface area (Å²) in [7, 11) is 0. The topological polar surface area (TPSA) is 155 Å². The first-order valence-corrected chi connectivity index (χ1v) is 13.3. The van der Waals surface area contributed by atoms with E-state index in [1.807, 2.05) is 38.1 Å². The van der Waals surface area contributed by atoms with Gasteiger partial charge in [0.2, 0.25) is 17.7 Å². The highest BCUT2D eigenvalue weighted by molar-refractivity contribution is 5.98. The van der Waals surface area contributed by atoms with Crippen molar-refractivity contribution in [2.75, 3.05) is 58.3 Å². The molecule has 0 aliphatic carbocycles. The van der Waals surface area contributed by atoms with Crippen molar-refractivity contribution in [3.63, 3.8) is 0 Å². The van der Waals surface area contributed by atoms with Gasteiger partial charge in [0.25, 0.3) is 0 Å². The van der Waals surface area contributed by atoms with Crippen LogP contribution >= 0.6 is 12.4 Å². The van der Waals surface area contributed by atoms with Crippen LogP contribution in [0.15, 0.2) is 40.8 Å². The van der Waals surface area contributed by atoms with Crippen LogP contribution in [0, 0.1) is 19.3 Å². The van der Waals surface area contributed by atoms with Crippen molar-refractivity contribution in [2.24, 2.45) is 0 Å². The number of carbonyl (C=O) groups excluding carboxylic acids is 2. The molecule has 0 saturated carbocycles. The fourth-order valence-electron chi connectivity index (χ4n) is 4.02.